The summed E-state index contributed by atoms with van der Waals surface area (Å²) in [5.41, 5.74) is 2.13. The molecule has 1 fully saturated rings. The number of hydrogen-bond acceptors (Lipinski definition) is 6. The molecule has 1 aliphatic heterocycles. The molecule has 1 saturated heterocycles. The Morgan fingerprint density at radius 2 is 1.75 bits per heavy atom. The molecule has 24 heavy (non-hydrogen) atoms. The SMILES string of the molecule is Cc1ccnc(N2CCN(c3nc(C)nc4c3cnn4C)CC2)c1. The van der Waals surface area contributed by atoms with E-state index in [0.29, 0.717) is 0 Å². The van der Waals surface area contributed by atoms with Crippen LogP contribution in [0.1, 0.15) is 11.4 Å². The molecule has 0 bridgehead atoms. The van der Waals surface area contributed by atoms with Crippen LogP contribution >= 0.6 is 0 Å². The van der Waals surface area contributed by atoms with Crippen molar-refractivity contribution < 1.29 is 0 Å². The highest BCUT2D eigenvalue weighted by atomic mass is 15.3. The molecule has 0 atom stereocenters. The van der Waals surface area contributed by atoms with Gasteiger partial charge < -0.3 is 9.80 Å². The van der Waals surface area contributed by atoms with Gasteiger partial charge in [0.1, 0.15) is 17.5 Å². The van der Waals surface area contributed by atoms with E-state index in [0.717, 1.165) is 54.7 Å². The van der Waals surface area contributed by atoms with E-state index in [2.05, 4.69) is 42.8 Å². The van der Waals surface area contributed by atoms with E-state index in [1.54, 1.807) is 4.68 Å². The van der Waals surface area contributed by atoms with E-state index in [1.165, 1.54) is 5.56 Å². The molecule has 0 radical (unpaired) electrons. The van der Waals surface area contributed by atoms with E-state index in [-0.39, 0.29) is 0 Å². The van der Waals surface area contributed by atoms with Crippen molar-refractivity contribution in [2.24, 2.45) is 7.05 Å². The Kier molecular flexibility index (Phi) is 3.55. The smallest absolute Gasteiger partial charge is 0.163 e. The van der Waals surface area contributed by atoms with Crippen LogP contribution in [0.5, 0.6) is 0 Å². The van der Waals surface area contributed by atoms with Gasteiger partial charge in [-0.3, -0.25) is 4.68 Å². The van der Waals surface area contributed by atoms with Gasteiger partial charge in [-0.1, -0.05) is 0 Å². The number of hydrogen-bond donors (Lipinski definition) is 0. The lowest BCUT2D eigenvalue weighted by atomic mass is 10.2. The van der Waals surface area contributed by atoms with Gasteiger partial charge >= 0.3 is 0 Å². The summed E-state index contributed by atoms with van der Waals surface area (Å²) in [6.45, 7) is 7.72. The number of pyridine rings is 1. The molecule has 0 N–H and O–H groups in total. The van der Waals surface area contributed by atoms with E-state index >= 15 is 0 Å². The molecular weight excluding hydrogens is 302 g/mol. The summed E-state index contributed by atoms with van der Waals surface area (Å²) in [5.74, 6) is 2.83. The third-order valence-electron chi connectivity index (χ3n) is 4.49. The summed E-state index contributed by atoms with van der Waals surface area (Å²) in [4.78, 5) is 18.3. The molecule has 7 nitrogen and oxygen atoms in total. The molecule has 0 unspecified atom stereocenters. The molecule has 0 aromatic carbocycles. The molecule has 0 aliphatic carbocycles. The summed E-state index contributed by atoms with van der Waals surface area (Å²) >= 11 is 0. The minimum atomic E-state index is 0.781. The fraction of sp³-hybridized carbons (Fsp3) is 0.412. The van der Waals surface area contributed by atoms with Crippen LogP contribution < -0.4 is 9.80 Å². The van der Waals surface area contributed by atoms with Crippen LogP contribution in [0.25, 0.3) is 11.0 Å². The summed E-state index contributed by atoms with van der Waals surface area (Å²) in [6, 6.07) is 4.17. The Morgan fingerprint density at radius 3 is 2.50 bits per heavy atom. The van der Waals surface area contributed by atoms with Crippen molar-refractivity contribution in [1.29, 1.82) is 0 Å². The largest absolute Gasteiger partial charge is 0.353 e. The van der Waals surface area contributed by atoms with Gasteiger partial charge in [-0.2, -0.15) is 5.10 Å². The summed E-state index contributed by atoms with van der Waals surface area (Å²) < 4.78 is 1.81. The number of piperazine rings is 1. The van der Waals surface area contributed by atoms with Gasteiger partial charge in [0.25, 0.3) is 0 Å². The molecule has 7 heteroatoms. The zero-order valence-electron chi connectivity index (χ0n) is 14.3. The first-order chi connectivity index (χ1) is 11.6. The van der Waals surface area contributed by atoms with Crippen molar-refractivity contribution in [3.05, 3.63) is 35.9 Å². The summed E-state index contributed by atoms with van der Waals surface area (Å²) in [5, 5.41) is 5.35. The molecule has 0 spiro atoms. The van der Waals surface area contributed by atoms with Crippen LogP contribution in [0.15, 0.2) is 24.5 Å². The predicted octanol–water partition coefficient (Wildman–Crippen LogP) is 1.70. The Hall–Kier alpha value is -2.70. The number of nitrogens with zero attached hydrogens (tertiary/aromatic N) is 7. The number of anilines is 2. The fourth-order valence-electron chi connectivity index (χ4n) is 3.19. The van der Waals surface area contributed by atoms with Crippen LogP contribution in [-0.4, -0.2) is 50.9 Å². The fourth-order valence-corrected chi connectivity index (χ4v) is 3.19. The number of fused-ring (bicyclic) bond motifs is 1. The normalized spacial score (nSPS) is 15.3. The number of aryl methyl sites for hydroxylation is 3. The maximum Gasteiger partial charge on any atom is 0.163 e. The first-order valence-electron chi connectivity index (χ1n) is 8.21. The van der Waals surface area contributed by atoms with Crippen molar-refractivity contribution in [3.63, 3.8) is 0 Å². The zero-order valence-corrected chi connectivity index (χ0v) is 14.3. The monoisotopic (exact) mass is 323 g/mol. The van der Waals surface area contributed by atoms with Crippen LogP contribution in [0.2, 0.25) is 0 Å². The second kappa shape index (κ2) is 5.74. The van der Waals surface area contributed by atoms with E-state index in [1.807, 2.05) is 32.4 Å². The highest BCUT2D eigenvalue weighted by molar-refractivity contribution is 5.87. The molecule has 1 aliphatic rings. The van der Waals surface area contributed by atoms with Crippen molar-refractivity contribution in [3.8, 4) is 0 Å². The molecule has 3 aromatic rings. The Labute approximate surface area is 141 Å². The van der Waals surface area contributed by atoms with Crippen molar-refractivity contribution >= 4 is 22.7 Å². The number of aromatic nitrogens is 5. The minimum absolute atomic E-state index is 0.781. The molecule has 4 heterocycles. The van der Waals surface area contributed by atoms with E-state index in [4.69, 9.17) is 0 Å². The van der Waals surface area contributed by atoms with E-state index in [9.17, 15) is 0 Å². The van der Waals surface area contributed by atoms with Gasteiger partial charge in [-0.05, 0) is 31.5 Å². The molecule has 0 amide bonds. The maximum atomic E-state index is 4.68. The Morgan fingerprint density at radius 1 is 1.00 bits per heavy atom. The first-order valence-corrected chi connectivity index (χ1v) is 8.21. The van der Waals surface area contributed by atoms with Crippen molar-refractivity contribution in [1.82, 2.24) is 24.7 Å². The van der Waals surface area contributed by atoms with Crippen LogP contribution in [-0.2, 0) is 7.05 Å². The highest BCUT2D eigenvalue weighted by Crippen LogP contribution is 2.25. The van der Waals surface area contributed by atoms with Crippen molar-refractivity contribution in [2.45, 2.75) is 13.8 Å². The van der Waals surface area contributed by atoms with E-state index < -0.39 is 0 Å². The first kappa shape index (κ1) is 14.9. The average Bonchev–Trinajstić information content (AvgIpc) is 2.95. The van der Waals surface area contributed by atoms with Gasteiger partial charge in [0.15, 0.2) is 5.65 Å². The van der Waals surface area contributed by atoms with Gasteiger partial charge in [0, 0.05) is 39.4 Å². The zero-order chi connectivity index (χ0) is 16.7. The van der Waals surface area contributed by atoms with Gasteiger partial charge in [-0.25, -0.2) is 15.0 Å². The van der Waals surface area contributed by atoms with Gasteiger partial charge in [0.2, 0.25) is 0 Å². The van der Waals surface area contributed by atoms with Crippen LogP contribution in [0, 0.1) is 13.8 Å². The average molecular weight is 323 g/mol. The summed E-state index contributed by atoms with van der Waals surface area (Å²) in [6.07, 6.45) is 3.74. The van der Waals surface area contributed by atoms with Gasteiger partial charge in [0.05, 0.1) is 11.6 Å². The lowest BCUT2D eigenvalue weighted by molar-refractivity contribution is 0.642. The molecule has 3 aromatic heterocycles. The number of rotatable bonds is 2. The third kappa shape index (κ3) is 2.55. The topological polar surface area (TPSA) is 63.0 Å². The molecule has 4 rings (SSSR count). The molecule has 124 valence electrons. The quantitative estimate of drug-likeness (QED) is 0.715. The highest BCUT2D eigenvalue weighted by Gasteiger charge is 2.22. The predicted molar refractivity (Wildman–Crippen MR) is 94.4 cm³/mol. The standard InChI is InChI=1S/C17H21N7/c1-12-4-5-18-15(10-12)23-6-8-24(9-7-23)17-14-11-19-22(3)16(14)20-13(2)21-17/h4-5,10-11H,6-9H2,1-3H3. The second-order valence-electron chi connectivity index (χ2n) is 6.27. The molecular formula is C17H21N7. The van der Waals surface area contributed by atoms with Crippen LogP contribution in [0.3, 0.4) is 0 Å². The Bertz CT molecular complexity index is 878. The summed E-state index contributed by atoms with van der Waals surface area (Å²) in [7, 11) is 1.92. The molecule has 0 saturated carbocycles. The maximum absolute atomic E-state index is 4.68. The minimum Gasteiger partial charge on any atom is -0.353 e. The van der Waals surface area contributed by atoms with Crippen LogP contribution in [0.4, 0.5) is 11.6 Å². The third-order valence-corrected chi connectivity index (χ3v) is 4.49. The Balaban J connectivity index is 1.58. The van der Waals surface area contributed by atoms with Crippen molar-refractivity contribution in [2.75, 3.05) is 36.0 Å². The van der Waals surface area contributed by atoms with Gasteiger partial charge in [-0.15, -0.1) is 0 Å². The second-order valence-corrected chi connectivity index (χ2v) is 6.27. The lowest BCUT2D eigenvalue weighted by Crippen LogP contribution is -2.47. The lowest BCUT2D eigenvalue weighted by Gasteiger charge is -2.36.